The zero-order valence-corrected chi connectivity index (χ0v) is 15.8. The molecule has 2 aromatic carbocycles. The van der Waals surface area contributed by atoms with Crippen molar-refractivity contribution in [3.8, 4) is 5.69 Å². The Kier molecular flexibility index (Phi) is 4.76. The highest BCUT2D eigenvalue weighted by molar-refractivity contribution is 5.95. The van der Waals surface area contributed by atoms with Gasteiger partial charge in [-0.2, -0.15) is 5.10 Å². The van der Waals surface area contributed by atoms with E-state index in [-0.39, 0.29) is 11.9 Å². The first kappa shape index (κ1) is 17.7. The number of benzene rings is 2. The molecule has 0 aliphatic rings. The van der Waals surface area contributed by atoms with Gasteiger partial charge in [-0.1, -0.05) is 48.5 Å². The van der Waals surface area contributed by atoms with Crippen LogP contribution in [0.15, 0.2) is 79.3 Å². The van der Waals surface area contributed by atoms with Crippen LogP contribution in [-0.2, 0) is 7.05 Å². The van der Waals surface area contributed by atoms with E-state index < -0.39 is 0 Å². The van der Waals surface area contributed by atoms with Crippen molar-refractivity contribution in [2.75, 3.05) is 0 Å². The van der Waals surface area contributed by atoms with Crippen LogP contribution in [0.2, 0.25) is 0 Å². The molecule has 6 heteroatoms. The third kappa shape index (κ3) is 3.32. The Labute approximate surface area is 163 Å². The molecule has 1 amide bonds. The van der Waals surface area contributed by atoms with Gasteiger partial charge in [0.05, 0.1) is 23.1 Å². The monoisotopic (exact) mass is 371 g/mol. The summed E-state index contributed by atoms with van der Waals surface area (Å²) >= 11 is 0. The molecule has 0 bridgehead atoms. The number of carbonyl (C=O) groups excluding carboxylic acids is 1. The number of para-hydroxylation sites is 1. The quantitative estimate of drug-likeness (QED) is 0.584. The van der Waals surface area contributed by atoms with Gasteiger partial charge in [0.2, 0.25) is 0 Å². The molecule has 0 saturated heterocycles. The maximum atomic E-state index is 13.1. The summed E-state index contributed by atoms with van der Waals surface area (Å²) in [6.45, 7) is 1.90. The lowest BCUT2D eigenvalue weighted by molar-refractivity contribution is 0.0940. The van der Waals surface area contributed by atoms with Crippen LogP contribution in [0.25, 0.3) is 5.69 Å². The zero-order valence-electron chi connectivity index (χ0n) is 15.8. The van der Waals surface area contributed by atoms with Crippen LogP contribution in [0.1, 0.15) is 33.5 Å². The highest BCUT2D eigenvalue weighted by Gasteiger charge is 2.23. The molecule has 2 heterocycles. The Morgan fingerprint density at radius 3 is 2.36 bits per heavy atom. The van der Waals surface area contributed by atoms with E-state index in [1.54, 1.807) is 17.1 Å². The first-order chi connectivity index (χ1) is 13.6. The molecule has 0 unspecified atom stereocenters. The molecule has 0 fully saturated rings. The number of aromatic nitrogens is 4. The fraction of sp³-hybridized carbons (Fsp3) is 0.136. The van der Waals surface area contributed by atoms with Crippen LogP contribution in [0.4, 0.5) is 0 Å². The Hall–Kier alpha value is -3.67. The molecule has 4 aromatic rings. The van der Waals surface area contributed by atoms with Crippen molar-refractivity contribution in [3.63, 3.8) is 0 Å². The van der Waals surface area contributed by atoms with Crippen LogP contribution in [0.5, 0.6) is 0 Å². The van der Waals surface area contributed by atoms with Crippen LogP contribution in [-0.4, -0.2) is 25.2 Å². The van der Waals surface area contributed by atoms with Gasteiger partial charge in [-0.25, -0.2) is 9.67 Å². The van der Waals surface area contributed by atoms with Gasteiger partial charge in [0.1, 0.15) is 11.9 Å². The molecule has 0 aliphatic carbocycles. The predicted octanol–water partition coefficient (Wildman–Crippen LogP) is 3.43. The van der Waals surface area contributed by atoms with Gasteiger partial charge in [0.15, 0.2) is 0 Å². The van der Waals surface area contributed by atoms with E-state index in [4.69, 9.17) is 0 Å². The largest absolute Gasteiger partial charge is 0.338 e. The van der Waals surface area contributed by atoms with Gasteiger partial charge >= 0.3 is 0 Å². The molecule has 1 atom stereocenters. The van der Waals surface area contributed by atoms with E-state index in [2.05, 4.69) is 15.4 Å². The van der Waals surface area contributed by atoms with Gasteiger partial charge in [0, 0.05) is 19.4 Å². The van der Waals surface area contributed by atoms with Gasteiger partial charge in [-0.05, 0) is 24.6 Å². The van der Waals surface area contributed by atoms with Gasteiger partial charge in [0.25, 0.3) is 5.91 Å². The lowest BCUT2D eigenvalue weighted by Crippen LogP contribution is -2.31. The number of rotatable bonds is 5. The summed E-state index contributed by atoms with van der Waals surface area (Å²) in [5.41, 5.74) is 3.22. The molecule has 28 heavy (non-hydrogen) atoms. The first-order valence-electron chi connectivity index (χ1n) is 9.08. The molecule has 0 saturated carbocycles. The predicted molar refractivity (Wildman–Crippen MR) is 107 cm³/mol. The second-order valence-corrected chi connectivity index (χ2v) is 6.60. The van der Waals surface area contributed by atoms with Gasteiger partial charge in [-0.3, -0.25) is 4.79 Å². The smallest absolute Gasteiger partial charge is 0.255 e. The van der Waals surface area contributed by atoms with E-state index in [1.807, 2.05) is 85.4 Å². The number of aryl methyl sites for hydroxylation is 1. The summed E-state index contributed by atoms with van der Waals surface area (Å²) in [6.07, 6.45) is 5.21. The van der Waals surface area contributed by atoms with Crippen LogP contribution in [0, 0.1) is 6.92 Å². The first-order valence-corrected chi connectivity index (χ1v) is 9.08. The molecular weight excluding hydrogens is 350 g/mol. The Morgan fingerprint density at radius 1 is 1.04 bits per heavy atom. The molecular formula is C22H21N5O. The minimum absolute atomic E-state index is 0.184. The topological polar surface area (TPSA) is 64.7 Å². The summed E-state index contributed by atoms with van der Waals surface area (Å²) in [6, 6.07) is 19.2. The minimum atomic E-state index is -0.354. The third-order valence-corrected chi connectivity index (χ3v) is 4.78. The highest BCUT2D eigenvalue weighted by atomic mass is 16.1. The summed E-state index contributed by atoms with van der Waals surface area (Å²) in [7, 11) is 1.92. The average Bonchev–Trinajstić information content (AvgIpc) is 3.33. The second kappa shape index (κ2) is 7.52. The standard InChI is InChI=1S/C22H21N5O/c1-16-19(15-24-27(16)18-11-7-4-8-12-18)22(28)25-20(17-9-5-3-6-10-17)21-23-13-14-26(21)2/h3-15,20H,1-2H3,(H,25,28)/t20-/m0/s1. The highest BCUT2D eigenvalue weighted by Crippen LogP contribution is 2.22. The number of imidazole rings is 1. The normalized spacial score (nSPS) is 11.9. The molecule has 4 rings (SSSR count). The summed E-state index contributed by atoms with van der Waals surface area (Å²) in [5.74, 6) is 0.587. The van der Waals surface area contributed by atoms with Crippen molar-refractivity contribution in [1.82, 2.24) is 24.6 Å². The van der Waals surface area contributed by atoms with Crippen molar-refractivity contribution >= 4 is 5.91 Å². The lowest BCUT2D eigenvalue weighted by atomic mass is 10.1. The summed E-state index contributed by atoms with van der Waals surface area (Å²) in [5, 5.41) is 7.53. The van der Waals surface area contributed by atoms with Gasteiger partial charge < -0.3 is 9.88 Å². The molecule has 140 valence electrons. The zero-order chi connectivity index (χ0) is 19.5. The molecule has 6 nitrogen and oxygen atoms in total. The summed E-state index contributed by atoms with van der Waals surface area (Å²) < 4.78 is 3.69. The van der Waals surface area contributed by atoms with Crippen molar-refractivity contribution in [2.24, 2.45) is 7.05 Å². The van der Waals surface area contributed by atoms with Crippen molar-refractivity contribution in [2.45, 2.75) is 13.0 Å². The van der Waals surface area contributed by atoms with Crippen LogP contribution < -0.4 is 5.32 Å². The molecule has 0 spiro atoms. The van der Waals surface area contributed by atoms with Gasteiger partial charge in [-0.15, -0.1) is 0 Å². The maximum Gasteiger partial charge on any atom is 0.255 e. The van der Waals surface area contributed by atoms with Crippen LogP contribution >= 0.6 is 0 Å². The maximum absolute atomic E-state index is 13.1. The lowest BCUT2D eigenvalue weighted by Gasteiger charge is -2.19. The number of nitrogens with one attached hydrogen (secondary N) is 1. The number of hydrogen-bond donors (Lipinski definition) is 1. The number of hydrogen-bond acceptors (Lipinski definition) is 3. The second-order valence-electron chi connectivity index (χ2n) is 6.60. The molecule has 2 aromatic heterocycles. The number of amides is 1. The Bertz CT molecular complexity index is 1080. The van der Waals surface area contributed by atoms with Crippen molar-refractivity contribution < 1.29 is 4.79 Å². The number of nitrogens with zero attached hydrogens (tertiary/aromatic N) is 4. The fourth-order valence-corrected chi connectivity index (χ4v) is 3.27. The molecule has 0 radical (unpaired) electrons. The van der Waals surface area contributed by atoms with Crippen molar-refractivity contribution in [1.29, 1.82) is 0 Å². The average molecular weight is 371 g/mol. The Balaban J connectivity index is 1.66. The van der Waals surface area contributed by atoms with Crippen molar-refractivity contribution in [3.05, 3.63) is 102 Å². The van der Waals surface area contributed by atoms with E-state index >= 15 is 0 Å². The van der Waals surface area contributed by atoms with Crippen LogP contribution in [0.3, 0.4) is 0 Å². The van der Waals surface area contributed by atoms with E-state index in [1.165, 1.54) is 0 Å². The molecule has 1 N–H and O–H groups in total. The van der Waals surface area contributed by atoms with E-state index in [9.17, 15) is 4.79 Å². The SMILES string of the molecule is Cc1c(C(=O)N[C@@H](c2ccccc2)c2nccn2C)cnn1-c1ccccc1. The third-order valence-electron chi connectivity index (χ3n) is 4.78. The fourth-order valence-electron chi connectivity index (χ4n) is 3.27. The summed E-state index contributed by atoms with van der Waals surface area (Å²) in [4.78, 5) is 17.5. The number of carbonyl (C=O) groups is 1. The minimum Gasteiger partial charge on any atom is -0.338 e. The molecule has 0 aliphatic heterocycles. The van der Waals surface area contributed by atoms with E-state index in [0.717, 1.165) is 22.8 Å². The van der Waals surface area contributed by atoms with E-state index in [0.29, 0.717) is 5.56 Å². The Morgan fingerprint density at radius 2 is 1.71 bits per heavy atom.